The number of aromatic nitrogens is 4. The van der Waals surface area contributed by atoms with Gasteiger partial charge in [0.1, 0.15) is 11.5 Å². The lowest BCUT2D eigenvalue weighted by atomic mass is 10.1. The van der Waals surface area contributed by atoms with E-state index in [1.165, 1.54) is 4.31 Å². The molecule has 1 fully saturated rings. The third-order valence-corrected chi connectivity index (χ3v) is 8.65. The Morgan fingerprint density at radius 3 is 2.46 bits per heavy atom. The number of anilines is 2. The van der Waals surface area contributed by atoms with Crippen LogP contribution in [-0.2, 0) is 10.0 Å². The first-order valence-corrected chi connectivity index (χ1v) is 13.5. The average Bonchev–Trinajstić information content (AvgIpc) is 2.86. The highest BCUT2D eigenvalue weighted by Gasteiger charge is 2.30. The second-order valence-corrected chi connectivity index (χ2v) is 11.4. The maximum atomic E-state index is 14.7. The fourth-order valence-electron chi connectivity index (χ4n) is 4.22. The molecular formula is C24H32FN7O2S. The summed E-state index contributed by atoms with van der Waals surface area (Å²) in [5, 5.41) is 2.81. The zero-order valence-corrected chi connectivity index (χ0v) is 21.4. The number of nitrogens with one attached hydrogen (secondary N) is 1. The molecule has 188 valence electrons. The summed E-state index contributed by atoms with van der Waals surface area (Å²) >= 11 is 0. The van der Waals surface area contributed by atoms with Crippen molar-refractivity contribution in [3.05, 3.63) is 36.4 Å². The lowest BCUT2D eigenvalue weighted by Gasteiger charge is -2.32. The molecule has 1 aromatic carbocycles. The average molecular weight is 502 g/mol. The molecule has 35 heavy (non-hydrogen) atoms. The van der Waals surface area contributed by atoms with Gasteiger partial charge in [-0.05, 0) is 52.7 Å². The maximum absolute atomic E-state index is 14.7. The Bertz CT molecular complexity index is 1290. The molecular weight excluding hydrogens is 469 g/mol. The molecule has 0 amide bonds. The smallest absolute Gasteiger partial charge is 0.223 e. The van der Waals surface area contributed by atoms with Crippen LogP contribution < -0.4 is 10.2 Å². The largest absolute Gasteiger partial charge is 0.356 e. The predicted molar refractivity (Wildman–Crippen MR) is 136 cm³/mol. The molecule has 0 atom stereocenters. The number of sulfonamides is 1. The number of piperidine rings is 1. The summed E-state index contributed by atoms with van der Waals surface area (Å²) in [5.41, 5.74) is 2.15. The lowest BCUT2D eigenvalue weighted by molar-refractivity contribution is 0.326. The van der Waals surface area contributed by atoms with Crippen molar-refractivity contribution in [3.8, 4) is 11.3 Å². The Hall–Kier alpha value is -2.92. The Labute approximate surface area is 205 Å². The van der Waals surface area contributed by atoms with E-state index in [4.69, 9.17) is 4.98 Å². The SMILES string of the molecule is CCN(CC)c1cnc2ccc(-c3nc(NC4CCN(S(=O)(=O)C(C)C)CC4)ncc3F)cc2n1. The fourth-order valence-corrected chi connectivity index (χ4v) is 5.54. The number of benzene rings is 1. The molecule has 1 aliphatic heterocycles. The predicted octanol–water partition coefficient (Wildman–Crippen LogP) is 3.69. The van der Waals surface area contributed by atoms with E-state index in [2.05, 4.69) is 39.0 Å². The highest BCUT2D eigenvalue weighted by atomic mass is 32.2. The highest BCUT2D eigenvalue weighted by Crippen LogP contribution is 2.26. The van der Waals surface area contributed by atoms with Gasteiger partial charge in [-0.2, -0.15) is 0 Å². The Balaban J connectivity index is 1.54. The number of nitrogens with zero attached hydrogens (tertiary/aromatic N) is 6. The Morgan fingerprint density at radius 2 is 1.80 bits per heavy atom. The Morgan fingerprint density at radius 1 is 1.09 bits per heavy atom. The summed E-state index contributed by atoms with van der Waals surface area (Å²) in [4.78, 5) is 19.9. The summed E-state index contributed by atoms with van der Waals surface area (Å²) in [7, 11) is -3.26. The number of hydrogen-bond donors (Lipinski definition) is 1. The van der Waals surface area contributed by atoms with Gasteiger partial charge >= 0.3 is 0 Å². The molecule has 2 aromatic heterocycles. The summed E-state index contributed by atoms with van der Waals surface area (Å²) in [6, 6.07) is 5.38. The third kappa shape index (κ3) is 5.35. The Kier molecular flexibility index (Phi) is 7.46. The van der Waals surface area contributed by atoms with Crippen LogP contribution in [0.2, 0.25) is 0 Å². The van der Waals surface area contributed by atoms with E-state index in [1.807, 2.05) is 6.07 Å². The van der Waals surface area contributed by atoms with Crippen molar-refractivity contribution in [2.75, 3.05) is 36.4 Å². The van der Waals surface area contributed by atoms with Gasteiger partial charge in [-0.3, -0.25) is 4.98 Å². The van der Waals surface area contributed by atoms with Crippen LogP contribution in [0.1, 0.15) is 40.5 Å². The minimum absolute atomic E-state index is 0.00558. The third-order valence-electron chi connectivity index (χ3n) is 6.38. The van der Waals surface area contributed by atoms with Gasteiger partial charge in [0.15, 0.2) is 5.82 Å². The molecule has 1 aliphatic rings. The van der Waals surface area contributed by atoms with Crippen molar-refractivity contribution in [3.63, 3.8) is 0 Å². The first kappa shape index (κ1) is 25.2. The van der Waals surface area contributed by atoms with Crippen molar-refractivity contribution < 1.29 is 12.8 Å². The first-order valence-electron chi connectivity index (χ1n) is 12.0. The highest BCUT2D eigenvalue weighted by molar-refractivity contribution is 7.89. The summed E-state index contributed by atoms with van der Waals surface area (Å²) < 4.78 is 41.1. The molecule has 3 heterocycles. The van der Waals surface area contributed by atoms with E-state index < -0.39 is 21.1 Å². The summed E-state index contributed by atoms with van der Waals surface area (Å²) in [5.74, 6) is 0.561. The van der Waals surface area contributed by atoms with E-state index in [-0.39, 0.29) is 11.7 Å². The van der Waals surface area contributed by atoms with Crippen molar-refractivity contribution >= 4 is 32.8 Å². The molecule has 1 saturated heterocycles. The van der Waals surface area contributed by atoms with Gasteiger partial charge in [-0.25, -0.2) is 32.1 Å². The van der Waals surface area contributed by atoms with Crippen LogP contribution in [0, 0.1) is 5.82 Å². The topological polar surface area (TPSA) is 104 Å². The van der Waals surface area contributed by atoms with Crippen LogP contribution in [0.3, 0.4) is 0 Å². The monoisotopic (exact) mass is 501 g/mol. The molecule has 0 spiro atoms. The molecule has 4 rings (SSSR count). The summed E-state index contributed by atoms with van der Waals surface area (Å²) in [6.07, 6.45) is 4.16. The van der Waals surface area contributed by atoms with Crippen LogP contribution in [-0.4, -0.2) is 70.1 Å². The molecule has 0 aliphatic carbocycles. The van der Waals surface area contributed by atoms with Gasteiger partial charge in [-0.1, -0.05) is 6.07 Å². The van der Waals surface area contributed by atoms with E-state index in [0.717, 1.165) is 30.6 Å². The zero-order valence-electron chi connectivity index (χ0n) is 20.6. The quantitative estimate of drug-likeness (QED) is 0.498. The van der Waals surface area contributed by atoms with E-state index in [9.17, 15) is 12.8 Å². The summed E-state index contributed by atoms with van der Waals surface area (Å²) in [6.45, 7) is 10.00. The van der Waals surface area contributed by atoms with E-state index in [0.29, 0.717) is 43.0 Å². The van der Waals surface area contributed by atoms with Gasteiger partial charge in [0.25, 0.3) is 0 Å². The number of rotatable bonds is 8. The van der Waals surface area contributed by atoms with Crippen LogP contribution >= 0.6 is 0 Å². The van der Waals surface area contributed by atoms with E-state index >= 15 is 0 Å². The molecule has 0 saturated carbocycles. The number of hydrogen-bond acceptors (Lipinski definition) is 8. The first-order chi connectivity index (χ1) is 16.7. The maximum Gasteiger partial charge on any atom is 0.223 e. The van der Waals surface area contributed by atoms with Crippen LogP contribution in [0.4, 0.5) is 16.2 Å². The van der Waals surface area contributed by atoms with Gasteiger partial charge in [0, 0.05) is 37.8 Å². The number of fused-ring (bicyclic) bond motifs is 1. The van der Waals surface area contributed by atoms with Crippen LogP contribution in [0.25, 0.3) is 22.3 Å². The molecule has 11 heteroatoms. The van der Waals surface area contributed by atoms with Crippen molar-refractivity contribution in [1.29, 1.82) is 0 Å². The number of halogens is 1. The fraction of sp³-hybridized carbons (Fsp3) is 0.500. The minimum Gasteiger partial charge on any atom is -0.356 e. The van der Waals surface area contributed by atoms with Crippen molar-refractivity contribution in [1.82, 2.24) is 24.2 Å². The molecule has 0 unspecified atom stereocenters. The lowest BCUT2D eigenvalue weighted by Crippen LogP contribution is -2.45. The van der Waals surface area contributed by atoms with Gasteiger partial charge < -0.3 is 10.2 Å². The zero-order chi connectivity index (χ0) is 25.2. The molecule has 0 bridgehead atoms. The molecule has 3 aromatic rings. The minimum atomic E-state index is -3.26. The van der Waals surface area contributed by atoms with Crippen molar-refractivity contribution in [2.24, 2.45) is 0 Å². The molecule has 9 nitrogen and oxygen atoms in total. The van der Waals surface area contributed by atoms with Crippen molar-refractivity contribution in [2.45, 2.75) is 51.8 Å². The van der Waals surface area contributed by atoms with E-state index in [1.54, 1.807) is 32.2 Å². The van der Waals surface area contributed by atoms with Crippen LogP contribution in [0.15, 0.2) is 30.6 Å². The molecule has 0 radical (unpaired) electrons. The standard InChI is InChI=1S/C24H32FN7O2S/c1-5-31(6-2)22-15-26-20-8-7-17(13-21(20)29-22)23-19(25)14-27-24(30-23)28-18-9-11-32(12-10-18)35(33,34)16(3)4/h7-8,13-16,18H,5-6,9-12H2,1-4H3,(H,27,28,30). The van der Waals surface area contributed by atoms with Gasteiger partial charge in [0.2, 0.25) is 16.0 Å². The second-order valence-electron chi connectivity index (χ2n) is 8.91. The molecule has 1 N–H and O–H groups in total. The van der Waals surface area contributed by atoms with Crippen LogP contribution in [0.5, 0.6) is 0 Å². The second kappa shape index (κ2) is 10.4. The normalized spacial score (nSPS) is 15.6. The van der Waals surface area contributed by atoms with Gasteiger partial charge in [-0.15, -0.1) is 0 Å². The van der Waals surface area contributed by atoms with Gasteiger partial charge in [0.05, 0.1) is 28.7 Å².